The number of furan rings is 1. The van der Waals surface area contributed by atoms with Crippen LogP contribution in [0.2, 0.25) is 0 Å². The Morgan fingerprint density at radius 2 is 1.88 bits per heavy atom. The molecule has 2 N–H and O–H groups in total. The lowest BCUT2D eigenvalue weighted by Gasteiger charge is -2.12. The topological polar surface area (TPSA) is 71.3 Å². The number of amides is 2. The SMILES string of the molecule is Cc1c(F)cc(C(=O)NCC(F)(F)F)cc1NC(=O)c1ccoc1. The maximum absolute atomic E-state index is 13.9. The summed E-state index contributed by atoms with van der Waals surface area (Å²) in [6.45, 7) is -0.185. The van der Waals surface area contributed by atoms with Crippen molar-refractivity contribution in [3.63, 3.8) is 0 Å². The van der Waals surface area contributed by atoms with Crippen LogP contribution >= 0.6 is 0 Å². The van der Waals surface area contributed by atoms with E-state index in [-0.39, 0.29) is 22.4 Å². The number of halogens is 4. The van der Waals surface area contributed by atoms with Gasteiger partial charge >= 0.3 is 6.18 Å². The van der Waals surface area contributed by atoms with E-state index in [0.29, 0.717) is 0 Å². The van der Waals surface area contributed by atoms with E-state index in [4.69, 9.17) is 4.42 Å². The van der Waals surface area contributed by atoms with E-state index in [0.717, 1.165) is 12.1 Å². The van der Waals surface area contributed by atoms with Gasteiger partial charge in [-0.15, -0.1) is 0 Å². The fourth-order valence-electron chi connectivity index (χ4n) is 1.81. The van der Waals surface area contributed by atoms with Gasteiger partial charge in [-0.1, -0.05) is 0 Å². The van der Waals surface area contributed by atoms with Crippen molar-refractivity contribution >= 4 is 17.5 Å². The van der Waals surface area contributed by atoms with E-state index in [2.05, 4.69) is 5.32 Å². The number of anilines is 1. The molecule has 24 heavy (non-hydrogen) atoms. The van der Waals surface area contributed by atoms with Gasteiger partial charge < -0.3 is 15.1 Å². The average molecular weight is 344 g/mol. The first-order valence-corrected chi connectivity index (χ1v) is 6.66. The minimum absolute atomic E-state index is 0.0293. The fraction of sp³-hybridized carbons (Fsp3) is 0.200. The quantitative estimate of drug-likeness (QED) is 0.836. The number of hydrogen-bond acceptors (Lipinski definition) is 3. The third-order valence-corrected chi connectivity index (χ3v) is 3.09. The average Bonchev–Trinajstić information content (AvgIpc) is 3.02. The Kier molecular flexibility index (Phi) is 4.91. The summed E-state index contributed by atoms with van der Waals surface area (Å²) in [5.74, 6) is -2.55. The Labute approximate surface area is 133 Å². The zero-order chi connectivity index (χ0) is 17.9. The predicted molar refractivity (Wildman–Crippen MR) is 76.2 cm³/mol. The molecule has 0 atom stereocenters. The highest BCUT2D eigenvalue weighted by atomic mass is 19.4. The molecule has 9 heteroatoms. The van der Waals surface area contributed by atoms with Crippen LogP contribution in [0.15, 0.2) is 35.1 Å². The standard InChI is InChI=1S/C15H12F4N2O3/c1-8-11(16)4-10(13(22)20-7-15(17,18)19)5-12(8)21-14(23)9-2-3-24-6-9/h2-6H,7H2,1H3,(H,20,22)(H,21,23). The van der Waals surface area contributed by atoms with E-state index in [1.807, 2.05) is 0 Å². The summed E-state index contributed by atoms with van der Waals surface area (Å²) in [7, 11) is 0. The van der Waals surface area contributed by atoms with Crippen molar-refractivity contribution in [1.29, 1.82) is 0 Å². The van der Waals surface area contributed by atoms with Gasteiger partial charge in [-0.05, 0) is 25.1 Å². The van der Waals surface area contributed by atoms with Gasteiger partial charge in [0.15, 0.2) is 0 Å². The minimum Gasteiger partial charge on any atom is -0.472 e. The van der Waals surface area contributed by atoms with Gasteiger partial charge in [0.2, 0.25) is 0 Å². The number of carbonyl (C=O) groups excluding carboxylic acids is 2. The van der Waals surface area contributed by atoms with Gasteiger partial charge in [-0.3, -0.25) is 9.59 Å². The smallest absolute Gasteiger partial charge is 0.405 e. The van der Waals surface area contributed by atoms with Crippen LogP contribution in [0.4, 0.5) is 23.2 Å². The Morgan fingerprint density at radius 3 is 2.46 bits per heavy atom. The first kappa shape index (κ1) is 17.5. The third kappa shape index (κ3) is 4.34. The molecule has 2 rings (SSSR count). The summed E-state index contributed by atoms with van der Waals surface area (Å²) in [6, 6.07) is 3.28. The summed E-state index contributed by atoms with van der Waals surface area (Å²) >= 11 is 0. The molecule has 1 aromatic carbocycles. The Morgan fingerprint density at radius 1 is 1.17 bits per heavy atom. The molecule has 0 aliphatic rings. The van der Waals surface area contributed by atoms with Crippen molar-refractivity contribution in [2.24, 2.45) is 0 Å². The third-order valence-electron chi connectivity index (χ3n) is 3.09. The van der Waals surface area contributed by atoms with E-state index < -0.39 is 30.4 Å². The van der Waals surface area contributed by atoms with E-state index in [1.54, 1.807) is 5.32 Å². The predicted octanol–water partition coefficient (Wildman–Crippen LogP) is 3.27. The van der Waals surface area contributed by atoms with Crippen LogP contribution in [0.3, 0.4) is 0 Å². The van der Waals surface area contributed by atoms with Crippen molar-refractivity contribution in [1.82, 2.24) is 5.32 Å². The van der Waals surface area contributed by atoms with Crippen molar-refractivity contribution in [3.8, 4) is 0 Å². The molecule has 0 aliphatic heterocycles. The van der Waals surface area contributed by atoms with Crippen molar-refractivity contribution in [3.05, 3.63) is 53.2 Å². The molecular weight excluding hydrogens is 332 g/mol. The maximum atomic E-state index is 13.9. The van der Waals surface area contributed by atoms with Gasteiger partial charge in [-0.25, -0.2) is 4.39 Å². The zero-order valence-corrected chi connectivity index (χ0v) is 12.3. The van der Waals surface area contributed by atoms with Gasteiger partial charge in [0.25, 0.3) is 11.8 Å². The molecule has 1 heterocycles. The second-order valence-corrected chi connectivity index (χ2v) is 4.89. The van der Waals surface area contributed by atoms with Crippen LogP contribution in [-0.4, -0.2) is 24.5 Å². The van der Waals surface area contributed by atoms with Gasteiger partial charge in [-0.2, -0.15) is 13.2 Å². The number of nitrogens with one attached hydrogen (secondary N) is 2. The van der Waals surface area contributed by atoms with E-state index in [9.17, 15) is 27.2 Å². The molecule has 5 nitrogen and oxygen atoms in total. The number of hydrogen-bond donors (Lipinski definition) is 2. The molecule has 2 aromatic rings. The lowest BCUT2D eigenvalue weighted by Crippen LogP contribution is -2.33. The van der Waals surface area contributed by atoms with E-state index >= 15 is 0 Å². The molecule has 2 amide bonds. The number of alkyl halides is 3. The van der Waals surface area contributed by atoms with Crippen LogP contribution in [0.5, 0.6) is 0 Å². The Hall–Kier alpha value is -2.84. The monoisotopic (exact) mass is 344 g/mol. The number of carbonyl (C=O) groups is 2. The second kappa shape index (κ2) is 6.73. The molecule has 0 radical (unpaired) electrons. The van der Waals surface area contributed by atoms with Crippen LogP contribution in [0.1, 0.15) is 26.3 Å². The van der Waals surface area contributed by atoms with Gasteiger partial charge in [0.05, 0.1) is 11.8 Å². The summed E-state index contributed by atoms with van der Waals surface area (Å²) < 4.78 is 55.0. The zero-order valence-electron chi connectivity index (χ0n) is 12.3. The summed E-state index contributed by atoms with van der Waals surface area (Å²) in [4.78, 5) is 23.7. The van der Waals surface area contributed by atoms with Crippen molar-refractivity contribution in [2.75, 3.05) is 11.9 Å². The molecule has 0 bridgehead atoms. The second-order valence-electron chi connectivity index (χ2n) is 4.89. The number of benzene rings is 1. The molecule has 128 valence electrons. The number of rotatable bonds is 4. The van der Waals surface area contributed by atoms with Crippen LogP contribution < -0.4 is 10.6 Å². The Balaban J connectivity index is 2.21. The van der Waals surface area contributed by atoms with Crippen LogP contribution in [0, 0.1) is 12.7 Å². The van der Waals surface area contributed by atoms with Crippen molar-refractivity contribution < 1.29 is 31.6 Å². The van der Waals surface area contributed by atoms with Crippen molar-refractivity contribution in [2.45, 2.75) is 13.1 Å². The fourth-order valence-corrected chi connectivity index (χ4v) is 1.81. The van der Waals surface area contributed by atoms with E-state index in [1.165, 1.54) is 25.5 Å². The lowest BCUT2D eigenvalue weighted by atomic mass is 10.1. The molecule has 0 unspecified atom stereocenters. The summed E-state index contributed by atoms with van der Waals surface area (Å²) in [5.41, 5.74) is -0.163. The maximum Gasteiger partial charge on any atom is 0.405 e. The molecule has 0 spiro atoms. The van der Waals surface area contributed by atoms with Gasteiger partial charge in [0.1, 0.15) is 18.6 Å². The first-order chi connectivity index (χ1) is 11.2. The summed E-state index contributed by atoms with van der Waals surface area (Å²) in [6.07, 6.45) is -2.15. The first-order valence-electron chi connectivity index (χ1n) is 6.66. The molecule has 0 saturated heterocycles. The normalized spacial score (nSPS) is 11.2. The summed E-state index contributed by atoms with van der Waals surface area (Å²) in [5, 5.41) is 4.02. The molecular formula is C15H12F4N2O3. The van der Waals surface area contributed by atoms with Gasteiger partial charge in [0, 0.05) is 16.8 Å². The molecule has 0 saturated carbocycles. The highest BCUT2D eigenvalue weighted by Gasteiger charge is 2.28. The lowest BCUT2D eigenvalue weighted by molar-refractivity contribution is -0.123. The molecule has 1 aromatic heterocycles. The highest BCUT2D eigenvalue weighted by Crippen LogP contribution is 2.22. The minimum atomic E-state index is -4.59. The highest BCUT2D eigenvalue weighted by molar-refractivity contribution is 6.05. The molecule has 0 fully saturated rings. The Bertz CT molecular complexity index is 755. The van der Waals surface area contributed by atoms with Crippen LogP contribution in [-0.2, 0) is 0 Å². The molecule has 0 aliphatic carbocycles. The van der Waals surface area contributed by atoms with Crippen LogP contribution in [0.25, 0.3) is 0 Å². The largest absolute Gasteiger partial charge is 0.472 e.